The molecule has 0 aromatic carbocycles. The molecule has 1 saturated carbocycles. The Hall–Kier alpha value is -0.570. The summed E-state index contributed by atoms with van der Waals surface area (Å²) < 4.78 is 0. The molecule has 2 fully saturated rings. The molecule has 2 N–H and O–H groups in total. The van der Waals surface area contributed by atoms with Gasteiger partial charge >= 0.3 is 0 Å². The van der Waals surface area contributed by atoms with Gasteiger partial charge in [-0.25, -0.2) is 0 Å². The van der Waals surface area contributed by atoms with E-state index in [0.29, 0.717) is 23.8 Å². The number of hydrogen-bond donors (Lipinski definition) is 2. The summed E-state index contributed by atoms with van der Waals surface area (Å²) in [4.78, 5) is 12.3. The predicted octanol–water partition coefficient (Wildman–Crippen LogP) is 2.17. The first kappa shape index (κ1) is 13.9. The van der Waals surface area contributed by atoms with Crippen molar-refractivity contribution in [2.24, 2.45) is 23.7 Å². The van der Waals surface area contributed by atoms with Crippen LogP contribution in [0.25, 0.3) is 0 Å². The highest BCUT2D eigenvalue weighted by Crippen LogP contribution is 2.30. The summed E-state index contributed by atoms with van der Waals surface area (Å²) in [5, 5.41) is 6.66. The molecule has 104 valence electrons. The van der Waals surface area contributed by atoms with Crippen LogP contribution in [0, 0.1) is 23.7 Å². The maximum Gasteiger partial charge on any atom is 0.224 e. The number of amides is 1. The van der Waals surface area contributed by atoms with Crippen molar-refractivity contribution in [3.05, 3.63) is 0 Å². The van der Waals surface area contributed by atoms with Crippen molar-refractivity contribution in [1.29, 1.82) is 0 Å². The van der Waals surface area contributed by atoms with Crippen LogP contribution in [-0.4, -0.2) is 25.0 Å². The smallest absolute Gasteiger partial charge is 0.224 e. The molecule has 1 saturated heterocycles. The second-order valence-electron chi connectivity index (χ2n) is 6.55. The van der Waals surface area contributed by atoms with Gasteiger partial charge in [-0.05, 0) is 37.1 Å². The third kappa shape index (κ3) is 3.05. The van der Waals surface area contributed by atoms with Crippen LogP contribution in [-0.2, 0) is 4.79 Å². The molecule has 0 spiro atoms. The normalized spacial score (nSPS) is 36.9. The largest absolute Gasteiger partial charge is 0.353 e. The summed E-state index contributed by atoms with van der Waals surface area (Å²) in [6, 6.07) is 0.416. The number of carbonyl (C=O) groups is 1. The summed E-state index contributed by atoms with van der Waals surface area (Å²) in [5.74, 6) is 2.29. The minimum Gasteiger partial charge on any atom is -0.353 e. The molecule has 0 bridgehead atoms. The third-order valence-corrected chi connectivity index (χ3v) is 4.86. The van der Waals surface area contributed by atoms with E-state index >= 15 is 0 Å². The molecule has 2 aliphatic rings. The molecule has 4 atom stereocenters. The molecule has 18 heavy (non-hydrogen) atoms. The zero-order valence-electron chi connectivity index (χ0n) is 12.0. The van der Waals surface area contributed by atoms with Crippen molar-refractivity contribution in [2.45, 2.75) is 52.5 Å². The lowest BCUT2D eigenvalue weighted by molar-refractivity contribution is -0.126. The van der Waals surface area contributed by atoms with Crippen molar-refractivity contribution >= 4 is 5.91 Å². The lowest BCUT2D eigenvalue weighted by Crippen LogP contribution is -2.47. The van der Waals surface area contributed by atoms with E-state index in [-0.39, 0.29) is 11.8 Å². The van der Waals surface area contributed by atoms with Gasteiger partial charge in [0.2, 0.25) is 5.91 Å². The number of nitrogens with one attached hydrogen (secondary N) is 2. The van der Waals surface area contributed by atoms with E-state index in [2.05, 4.69) is 31.4 Å². The number of hydrogen-bond acceptors (Lipinski definition) is 2. The Morgan fingerprint density at radius 2 is 1.94 bits per heavy atom. The summed E-state index contributed by atoms with van der Waals surface area (Å²) in [6.07, 6.45) is 5.05. The van der Waals surface area contributed by atoms with Gasteiger partial charge < -0.3 is 10.6 Å². The Morgan fingerprint density at radius 3 is 2.56 bits per heavy atom. The zero-order valence-corrected chi connectivity index (χ0v) is 12.0. The summed E-state index contributed by atoms with van der Waals surface area (Å²) >= 11 is 0. The van der Waals surface area contributed by atoms with Gasteiger partial charge in [-0.15, -0.1) is 0 Å². The summed E-state index contributed by atoms with van der Waals surface area (Å²) in [6.45, 7) is 8.58. The van der Waals surface area contributed by atoms with Crippen molar-refractivity contribution < 1.29 is 4.79 Å². The molecule has 4 unspecified atom stereocenters. The van der Waals surface area contributed by atoms with E-state index in [1.807, 2.05) is 0 Å². The fourth-order valence-corrected chi connectivity index (χ4v) is 3.59. The average Bonchev–Trinajstić information content (AvgIpc) is 2.76. The Labute approximate surface area is 111 Å². The van der Waals surface area contributed by atoms with E-state index in [4.69, 9.17) is 0 Å². The van der Waals surface area contributed by atoms with E-state index in [1.54, 1.807) is 0 Å². The molecule has 3 heteroatoms. The molecular formula is C15H28N2O. The first-order chi connectivity index (χ1) is 8.59. The molecule has 1 aliphatic heterocycles. The van der Waals surface area contributed by atoms with Crippen LogP contribution in [0.15, 0.2) is 0 Å². The lowest BCUT2D eigenvalue weighted by atomic mass is 9.77. The van der Waals surface area contributed by atoms with Gasteiger partial charge in [0.05, 0.1) is 5.92 Å². The Bertz CT molecular complexity index is 290. The van der Waals surface area contributed by atoms with Crippen LogP contribution < -0.4 is 10.6 Å². The van der Waals surface area contributed by atoms with Gasteiger partial charge in [0.15, 0.2) is 0 Å². The molecule has 0 aromatic rings. The third-order valence-electron chi connectivity index (χ3n) is 4.86. The van der Waals surface area contributed by atoms with Gasteiger partial charge in [-0.1, -0.05) is 33.6 Å². The van der Waals surface area contributed by atoms with Crippen molar-refractivity contribution in [3.63, 3.8) is 0 Å². The van der Waals surface area contributed by atoms with Crippen molar-refractivity contribution in [3.8, 4) is 0 Å². The Balaban J connectivity index is 1.92. The highest BCUT2D eigenvalue weighted by molar-refractivity contribution is 5.79. The topological polar surface area (TPSA) is 41.1 Å². The number of carbonyl (C=O) groups excluding carboxylic acids is 1. The van der Waals surface area contributed by atoms with Gasteiger partial charge in [0.25, 0.3) is 0 Å². The van der Waals surface area contributed by atoms with Gasteiger partial charge in [-0.2, -0.15) is 0 Å². The van der Waals surface area contributed by atoms with Crippen molar-refractivity contribution in [1.82, 2.24) is 10.6 Å². The first-order valence-electron chi connectivity index (χ1n) is 7.60. The fraction of sp³-hybridized carbons (Fsp3) is 0.933. The average molecular weight is 252 g/mol. The maximum atomic E-state index is 12.3. The Kier molecular flexibility index (Phi) is 4.66. The molecule has 2 rings (SSSR count). The highest BCUT2D eigenvalue weighted by Gasteiger charge is 2.34. The van der Waals surface area contributed by atoms with Gasteiger partial charge in [0, 0.05) is 12.6 Å². The standard InChI is InChI=1S/C15H28N2O/c1-10(2)12-6-4-5-7-14(12)17-15(18)13-9-16-8-11(13)3/h10-14,16H,4-9H2,1-3H3,(H,17,18). The van der Waals surface area contributed by atoms with E-state index in [0.717, 1.165) is 13.1 Å². The summed E-state index contributed by atoms with van der Waals surface area (Å²) in [5.41, 5.74) is 0. The second-order valence-corrected chi connectivity index (χ2v) is 6.55. The molecule has 1 aliphatic carbocycles. The maximum absolute atomic E-state index is 12.3. The Morgan fingerprint density at radius 1 is 1.22 bits per heavy atom. The zero-order chi connectivity index (χ0) is 13.1. The van der Waals surface area contributed by atoms with Gasteiger partial charge in [-0.3, -0.25) is 4.79 Å². The molecule has 3 nitrogen and oxygen atoms in total. The minimum atomic E-state index is 0.180. The van der Waals surface area contributed by atoms with Crippen LogP contribution in [0.3, 0.4) is 0 Å². The van der Waals surface area contributed by atoms with Crippen LogP contribution in [0.1, 0.15) is 46.5 Å². The fourth-order valence-electron chi connectivity index (χ4n) is 3.59. The molecule has 0 aromatic heterocycles. The lowest BCUT2D eigenvalue weighted by Gasteiger charge is -2.35. The SMILES string of the molecule is CC(C)C1CCCCC1NC(=O)C1CNCC1C. The van der Waals surface area contributed by atoms with E-state index in [9.17, 15) is 4.79 Å². The quantitative estimate of drug-likeness (QED) is 0.808. The van der Waals surface area contributed by atoms with E-state index in [1.165, 1.54) is 25.7 Å². The van der Waals surface area contributed by atoms with Crippen LogP contribution in [0.2, 0.25) is 0 Å². The van der Waals surface area contributed by atoms with Crippen LogP contribution >= 0.6 is 0 Å². The molecular weight excluding hydrogens is 224 g/mol. The van der Waals surface area contributed by atoms with Gasteiger partial charge in [0.1, 0.15) is 0 Å². The molecule has 1 amide bonds. The van der Waals surface area contributed by atoms with Crippen LogP contribution in [0.4, 0.5) is 0 Å². The van der Waals surface area contributed by atoms with E-state index < -0.39 is 0 Å². The van der Waals surface area contributed by atoms with Crippen LogP contribution in [0.5, 0.6) is 0 Å². The highest BCUT2D eigenvalue weighted by atomic mass is 16.2. The monoisotopic (exact) mass is 252 g/mol. The summed E-state index contributed by atoms with van der Waals surface area (Å²) in [7, 11) is 0. The molecule has 1 heterocycles. The van der Waals surface area contributed by atoms with Crippen molar-refractivity contribution in [2.75, 3.05) is 13.1 Å². The first-order valence-corrected chi connectivity index (χ1v) is 7.60. The second kappa shape index (κ2) is 6.05. The molecule has 0 radical (unpaired) electrons. The predicted molar refractivity (Wildman–Crippen MR) is 74.3 cm³/mol. The minimum absolute atomic E-state index is 0.180. The number of rotatable bonds is 3.